The molecular formula is C14H28N4O2S. The molecule has 1 aromatic rings. The Morgan fingerprint density at radius 3 is 2.57 bits per heavy atom. The smallest absolute Gasteiger partial charge is 0.246 e. The molecule has 0 spiro atoms. The van der Waals surface area contributed by atoms with Crippen LogP contribution in [0.4, 0.5) is 0 Å². The van der Waals surface area contributed by atoms with E-state index in [9.17, 15) is 8.42 Å². The third-order valence-corrected chi connectivity index (χ3v) is 5.49. The van der Waals surface area contributed by atoms with Gasteiger partial charge < -0.3 is 5.32 Å². The van der Waals surface area contributed by atoms with E-state index in [-0.39, 0.29) is 0 Å². The first-order valence-electron chi connectivity index (χ1n) is 7.66. The van der Waals surface area contributed by atoms with E-state index in [0.717, 1.165) is 32.2 Å². The fourth-order valence-corrected chi connectivity index (χ4v) is 3.70. The van der Waals surface area contributed by atoms with E-state index in [1.54, 1.807) is 14.0 Å². The minimum absolute atomic E-state index is 0.324. The molecule has 0 saturated carbocycles. The monoisotopic (exact) mass is 316 g/mol. The van der Waals surface area contributed by atoms with E-state index in [1.807, 2.05) is 0 Å². The van der Waals surface area contributed by atoms with Crippen molar-refractivity contribution in [1.82, 2.24) is 19.8 Å². The van der Waals surface area contributed by atoms with Crippen LogP contribution in [0.3, 0.4) is 0 Å². The Kier molecular flexibility index (Phi) is 7.34. The topological polar surface area (TPSA) is 78.1 Å². The molecule has 2 N–H and O–H groups in total. The van der Waals surface area contributed by atoms with Gasteiger partial charge >= 0.3 is 0 Å². The first-order chi connectivity index (χ1) is 9.95. The zero-order valence-electron chi connectivity index (χ0n) is 13.6. The van der Waals surface area contributed by atoms with Crippen molar-refractivity contribution in [2.75, 3.05) is 20.1 Å². The molecule has 122 valence electrons. The third-order valence-electron chi connectivity index (χ3n) is 3.43. The van der Waals surface area contributed by atoms with Crippen LogP contribution in [0.5, 0.6) is 0 Å². The molecule has 0 amide bonds. The average Bonchev–Trinajstić information content (AvgIpc) is 2.81. The molecule has 1 rings (SSSR count). The molecule has 0 aromatic carbocycles. The lowest BCUT2D eigenvalue weighted by atomic mass is 10.2. The molecule has 7 heteroatoms. The SMILES string of the molecule is CCCCCN(C)S(=O)(=O)c1c(CNCCC)n[nH]c1C. The summed E-state index contributed by atoms with van der Waals surface area (Å²) >= 11 is 0. The Hall–Kier alpha value is -0.920. The summed E-state index contributed by atoms with van der Waals surface area (Å²) in [4.78, 5) is 0.324. The van der Waals surface area contributed by atoms with Crippen LogP contribution in [0.25, 0.3) is 0 Å². The van der Waals surface area contributed by atoms with E-state index < -0.39 is 10.0 Å². The van der Waals surface area contributed by atoms with Crippen molar-refractivity contribution in [2.24, 2.45) is 0 Å². The Morgan fingerprint density at radius 1 is 1.24 bits per heavy atom. The number of nitrogens with one attached hydrogen (secondary N) is 2. The maximum Gasteiger partial charge on any atom is 0.246 e. The highest BCUT2D eigenvalue weighted by Gasteiger charge is 2.27. The molecule has 0 fully saturated rings. The summed E-state index contributed by atoms with van der Waals surface area (Å²) in [5, 5.41) is 10.1. The highest BCUT2D eigenvalue weighted by Crippen LogP contribution is 2.21. The summed E-state index contributed by atoms with van der Waals surface area (Å²) in [6, 6.07) is 0. The number of unbranched alkanes of at least 4 members (excludes halogenated alkanes) is 2. The van der Waals surface area contributed by atoms with Crippen LogP contribution in [0, 0.1) is 6.92 Å². The van der Waals surface area contributed by atoms with Crippen molar-refractivity contribution in [3.8, 4) is 0 Å². The van der Waals surface area contributed by atoms with Crippen molar-refractivity contribution in [1.29, 1.82) is 0 Å². The number of hydrogen-bond acceptors (Lipinski definition) is 4. The number of aromatic nitrogens is 2. The van der Waals surface area contributed by atoms with Crippen LogP contribution in [0.15, 0.2) is 4.90 Å². The highest BCUT2D eigenvalue weighted by molar-refractivity contribution is 7.89. The number of rotatable bonds is 10. The fraction of sp³-hybridized carbons (Fsp3) is 0.786. The Bertz CT molecular complexity index is 525. The molecule has 21 heavy (non-hydrogen) atoms. The van der Waals surface area contributed by atoms with E-state index in [1.165, 1.54) is 4.31 Å². The zero-order valence-corrected chi connectivity index (χ0v) is 14.4. The molecule has 0 radical (unpaired) electrons. The van der Waals surface area contributed by atoms with Crippen molar-refractivity contribution < 1.29 is 8.42 Å². The average molecular weight is 316 g/mol. The minimum atomic E-state index is -3.47. The molecule has 1 heterocycles. The second-order valence-electron chi connectivity index (χ2n) is 5.33. The van der Waals surface area contributed by atoms with Gasteiger partial charge in [-0.2, -0.15) is 5.10 Å². The van der Waals surface area contributed by atoms with Crippen LogP contribution < -0.4 is 5.32 Å². The van der Waals surface area contributed by atoms with Gasteiger partial charge in [0, 0.05) is 20.1 Å². The quantitative estimate of drug-likeness (QED) is 0.647. The van der Waals surface area contributed by atoms with Gasteiger partial charge in [0.25, 0.3) is 0 Å². The van der Waals surface area contributed by atoms with Crippen molar-refractivity contribution in [3.63, 3.8) is 0 Å². The summed E-state index contributed by atoms with van der Waals surface area (Å²) in [7, 11) is -1.84. The molecule has 0 saturated heterocycles. The number of aromatic amines is 1. The lowest BCUT2D eigenvalue weighted by molar-refractivity contribution is 0.453. The van der Waals surface area contributed by atoms with Crippen LogP contribution in [0.1, 0.15) is 50.9 Å². The van der Waals surface area contributed by atoms with Gasteiger partial charge in [0.15, 0.2) is 0 Å². The largest absolute Gasteiger partial charge is 0.311 e. The Balaban J connectivity index is 2.88. The number of nitrogens with zero attached hydrogens (tertiary/aromatic N) is 2. The maximum absolute atomic E-state index is 12.7. The second-order valence-corrected chi connectivity index (χ2v) is 7.32. The van der Waals surface area contributed by atoms with Crippen molar-refractivity contribution in [2.45, 2.75) is 57.9 Å². The van der Waals surface area contributed by atoms with E-state index in [0.29, 0.717) is 29.4 Å². The molecule has 0 atom stereocenters. The summed E-state index contributed by atoms with van der Waals surface area (Å²) in [5.74, 6) is 0. The number of hydrogen-bond donors (Lipinski definition) is 2. The van der Waals surface area contributed by atoms with Crippen LogP contribution in [0.2, 0.25) is 0 Å². The summed E-state index contributed by atoms with van der Waals surface area (Å²) in [6.07, 6.45) is 3.99. The normalized spacial score (nSPS) is 12.2. The number of sulfonamides is 1. The van der Waals surface area contributed by atoms with Gasteiger partial charge in [0.05, 0.1) is 11.4 Å². The molecule has 0 unspecified atom stereocenters. The predicted molar refractivity (Wildman–Crippen MR) is 84.7 cm³/mol. The van der Waals surface area contributed by atoms with E-state index in [4.69, 9.17) is 0 Å². The Morgan fingerprint density at radius 2 is 1.95 bits per heavy atom. The molecule has 0 aliphatic carbocycles. The third kappa shape index (κ3) is 4.79. The molecular weight excluding hydrogens is 288 g/mol. The summed E-state index contributed by atoms with van der Waals surface area (Å²) < 4.78 is 26.8. The molecule has 6 nitrogen and oxygen atoms in total. The maximum atomic E-state index is 12.7. The molecule has 0 aliphatic heterocycles. The van der Waals surface area contributed by atoms with Crippen molar-refractivity contribution in [3.05, 3.63) is 11.4 Å². The minimum Gasteiger partial charge on any atom is -0.311 e. The van der Waals surface area contributed by atoms with Gasteiger partial charge in [0.2, 0.25) is 10.0 Å². The highest BCUT2D eigenvalue weighted by atomic mass is 32.2. The van der Waals surface area contributed by atoms with Gasteiger partial charge in [0.1, 0.15) is 4.90 Å². The van der Waals surface area contributed by atoms with E-state index >= 15 is 0 Å². The van der Waals surface area contributed by atoms with Crippen molar-refractivity contribution >= 4 is 10.0 Å². The van der Waals surface area contributed by atoms with Gasteiger partial charge in [-0.25, -0.2) is 12.7 Å². The lowest BCUT2D eigenvalue weighted by Crippen LogP contribution is -2.29. The zero-order chi connectivity index (χ0) is 15.9. The first kappa shape index (κ1) is 18.1. The van der Waals surface area contributed by atoms with Gasteiger partial charge in [-0.1, -0.05) is 26.7 Å². The first-order valence-corrected chi connectivity index (χ1v) is 9.10. The predicted octanol–water partition coefficient (Wildman–Crippen LogP) is 2.03. The van der Waals surface area contributed by atoms with Gasteiger partial charge in [-0.15, -0.1) is 0 Å². The number of aryl methyl sites for hydroxylation is 1. The van der Waals surface area contributed by atoms with Crippen LogP contribution in [-0.2, 0) is 16.6 Å². The summed E-state index contributed by atoms with van der Waals surface area (Å²) in [6.45, 7) is 7.78. The van der Waals surface area contributed by atoms with Crippen LogP contribution in [-0.4, -0.2) is 43.1 Å². The second kappa shape index (κ2) is 8.51. The van der Waals surface area contributed by atoms with Gasteiger partial charge in [-0.3, -0.25) is 5.10 Å². The lowest BCUT2D eigenvalue weighted by Gasteiger charge is -2.17. The van der Waals surface area contributed by atoms with E-state index in [2.05, 4.69) is 29.4 Å². The molecule has 0 bridgehead atoms. The number of H-pyrrole nitrogens is 1. The standard InChI is InChI=1S/C14H28N4O2S/c1-5-7-8-10-18(4)21(19,20)14-12(3)16-17-13(14)11-15-9-6-2/h15H,5-11H2,1-4H3,(H,16,17). The molecule has 0 aliphatic rings. The fourth-order valence-electron chi connectivity index (χ4n) is 2.18. The van der Waals surface area contributed by atoms with Gasteiger partial charge in [-0.05, 0) is 26.3 Å². The summed E-state index contributed by atoms with van der Waals surface area (Å²) in [5.41, 5.74) is 1.17. The molecule has 1 aromatic heterocycles. The van der Waals surface area contributed by atoms with Crippen LogP contribution >= 0.6 is 0 Å². The Labute approximate surface area is 128 Å².